The highest BCUT2D eigenvalue weighted by molar-refractivity contribution is 5.89. The molecule has 0 saturated carbocycles. The maximum Gasteiger partial charge on any atom is 0.316 e. The zero-order chi connectivity index (χ0) is 18.7. The van der Waals surface area contributed by atoms with Gasteiger partial charge in [-0.2, -0.15) is 10.1 Å². The monoisotopic (exact) mass is 353 g/mol. The Balaban J connectivity index is 1.88. The summed E-state index contributed by atoms with van der Waals surface area (Å²) in [4.78, 5) is 27.8. The Morgan fingerprint density at radius 3 is 2.73 bits per heavy atom. The predicted molar refractivity (Wildman–Crippen MR) is 94.8 cm³/mol. The molecular weight excluding hydrogens is 334 g/mol. The number of hydrogen-bond acceptors (Lipinski definition) is 6. The molecule has 2 aromatic heterocycles. The van der Waals surface area contributed by atoms with Crippen molar-refractivity contribution in [2.24, 2.45) is 0 Å². The van der Waals surface area contributed by atoms with Gasteiger partial charge < -0.3 is 9.84 Å². The summed E-state index contributed by atoms with van der Waals surface area (Å²) in [6.45, 7) is 6.32. The second kappa shape index (κ2) is 7.30. The molecule has 0 saturated heterocycles. The molecular formula is C18H19N5O3. The van der Waals surface area contributed by atoms with E-state index in [0.29, 0.717) is 12.2 Å². The molecule has 1 N–H and O–H groups in total. The zero-order valence-electron chi connectivity index (χ0n) is 14.8. The van der Waals surface area contributed by atoms with Crippen molar-refractivity contribution < 1.29 is 9.32 Å². The average Bonchev–Trinajstić information content (AvgIpc) is 3.08. The highest BCUT2D eigenvalue weighted by Crippen LogP contribution is 2.19. The minimum atomic E-state index is -0.449. The SMILES string of the molecule is CCNC(=O)c1nc(Cn2nc(-c3ccc(C)c(C)c3)ccc2=O)no1. The van der Waals surface area contributed by atoms with Gasteiger partial charge in [0, 0.05) is 18.2 Å². The number of aryl methyl sites for hydroxylation is 2. The van der Waals surface area contributed by atoms with E-state index in [1.54, 1.807) is 13.0 Å². The lowest BCUT2D eigenvalue weighted by atomic mass is 10.0. The summed E-state index contributed by atoms with van der Waals surface area (Å²) in [6.07, 6.45) is 0. The Kier molecular flexibility index (Phi) is 4.92. The van der Waals surface area contributed by atoms with Gasteiger partial charge in [0.15, 0.2) is 5.82 Å². The molecule has 0 aliphatic rings. The van der Waals surface area contributed by atoms with Crippen molar-refractivity contribution >= 4 is 5.91 Å². The first-order chi connectivity index (χ1) is 12.5. The van der Waals surface area contributed by atoms with Gasteiger partial charge in [-0.25, -0.2) is 4.68 Å². The van der Waals surface area contributed by atoms with E-state index in [9.17, 15) is 9.59 Å². The largest absolute Gasteiger partial charge is 0.348 e. The molecule has 1 amide bonds. The first kappa shape index (κ1) is 17.5. The Morgan fingerprint density at radius 2 is 2.00 bits per heavy atom. The van der Waals surface area contributed by atoms with Crippen molar-refractivity contribution in [1.29, 1.82) is 0 Å². The van der Waals surface area contributed by atoms with E-state index in [0.717, 1.165) is 11.1 Å². The number of benzene rings is 1. The first-order valence-electron chi connectivity index (χ1n) is 8.24. The number of carbonyl (C=O) groups is 1. The van der Waals surface area contributed by atoms with Crippen LogP contribution in [0.25, 0.3) is 11.3 Å². The lowest BCUT2D eigenvalue weighted by Crippen LogP contribution is -2.24. The molecule has 0 fully saturated rings. The molecule has 2 heterocycles. The maximum atomic E-state index is 12.1. The van der Waals surface area contributed by atoms with E-state index in [-0.39, 0.29) is 23.8 Å². The zero-order valence-corrected chi connectivity index (χ0v) is 14.8. The molecule has 26 heavy (non-hydrogen) atoms. The Labute approximate surface area is 149 Å². The van der Waals surface area contributed by atoms with Crippen LogP contribution in [0.1, 0.15) is 34.6 Å². The Hall–Kier alpha value is -3.29. The van der Waals surface area contributed by atoms with Gasteiger partial charge in [0.05, 0.1) is 5.69 Å². The topological polar surface area (TPSA) is 103 Å². The molecule has 1 aromatic carbocycles. The lowest BCUT2D eigenvalue weighted by Gasteiger charge is -2.07. The highest BCUT2D eigenvalue weighted by atomic mass is 16.5. The molecule has 0 radical (unpaired) electrons. The van der Waals surface area contributed by atoms with Crippen LogP contribution in [-0.4, -0.2) is 32.4 Å². The molecule has 134 valence electrons. The van der Waals surface area contributed by atoms with Gasteiger partial charge in [-0.15, -0.1) is 0 Å². The second-order valence-corrected chi connectivity index (χ2v) is 5.89. The Bertz CT molecular complexity index is 1010. The van der Waals surface area contributed by atoms with Gasteiger partial charge in [0.1, 0.15) is 6.54 Å². The van der Waals surface area contributed by atoms with Crippen molar-refractivity contribution in [2.45, 2.75) is 27.3 Å². The van der Waals surface area contributed by atoms with Gasteiger partial charge in [-0.1, -0.05) is 17.3 Å². The van der Waals surface area contributed by atoms with Gasteiger partial charge in [-0.05, 0) is 44.0 Å². The quantitative estimate of drug-likeness (QED) is 0.749. The third-order valence-electron chi connectivity index (χ3n) is 3.96. The van der Waals surface area contributed by atoms with Crippen LogP contribution >= 0.6 is 0 Å². The molecule has 0 unspecified atom stereocenters. The van der Waals surface area contributed by atoms with E-state index in [1.165, 1.54) is 16.3 Å². The predicted octanol–water partition coefficient (Wildman–Crippen LogP) is 1.71. The second-order valence-electron chi connectivity index (χ2n) is 5.89. The summed E-state index contributed by atoms with van der Waals surface area (Å²) in [5, 5.41) is 10.7. The number of carbonyl (C=O) groups excluding carboxylic acids is 1. The summed E-state index contributed by atoms with van der Waals surface area (Å²) < 4.78 is 6.17. The number of hydrogen-bond donors (Lipinski definition) is 1. The van der Waals surface area contributed by atoms with Crippen LogP contribution in [0.5, 0.6) is 0 Å². The van der Waals surface area contributed by atoms with Crippen LogP contribution in [0.3, 0.4) is 0 Å². The molecule has 0 aliphatic heterocycles. The number of nitrogens with zero attached hydrogens (tertiary/aromatic N) is 4. The fourth-order valence-electron chi connectivity index (χ4n) is 2.40. The standard InChI is InChI=1S/C18H19N5O3/c1-4-19-17(25)18-20-15(22-26-18)10-23-16(24)8-7-14(21-23)13-6-5-11(2)12(3)9-13/h5-9H,4,10H2,1-3H3,(H,19,25). The van der Waals surface area contributed by atoms with Crippen LogP contribution in [0.4, 0.5) is 0 Å². The molecule has 0 spiro atoms. The number of amides is 1. The van der Waals surface area contributed by atoms with Gasteiger partial charge in [0.25, 0.3) is 5.56 Å². The van der Waals surface area contributed by atoms with Crippen molar-refractivity contribution in [3.8, 4) is 11.3 Å². The Morgan fingerprint density at radius 1 is 1.19 bits per heavy atom. The fraction of sp³-hybridized carbons (Fsp3) is 0.278. The van der Waals surface area contributed by atoms with E-state index in [1.807, 2.05) is 32.0 Å². The minimum absolute atomic E-state index is 0.0143. The summed E-state index contributed by atoms with van der Waals surface area (Å²) in [7, 11) is 0. The molecule has 0 aliphatic carbocycles. The third kappa shape index (κ3) is 3.69. The lowest BCUT2D eigenvalue weighted by molar-refractivity contribution is 0.0912. The van der Waals surface area contributed by atoms with E-state index < -0.39 is 5.91 Å². The van der Waals surface area contributed by atoms with Gasteiger partial charge >= 0.3 is 11.8 Å². The van der Waals surface area contributed by atoms with Crippen LogP contribution in [0.2, 0.25) is 0 Å². The summed E-state index contributed by atoms with van der Waals surface area (Å²) in [5.41, 5.74) is 3.62. The molecule has 0 bridgehead atoms. The van der Waals surface area contributed by atoms with Crippen molar-refractivity contribution in [3.63, 3.8) is 0 Å². The number of nitrogens with one attached hydrogen (secondary N) is 1. The van der Waals surface area contributed by atoms with Crippen LogP contribution in [0, 0.1) is 13.8 Å². The van der Waals surface area contributed by atoms with Crippen LogP contribution in [0.15, 0.2) is 39.6 Å². The van der Waals surface area contributed by atoms with Gasteiger partial charge in [-0.3, -0.25) is 9.59 Å². The molecule has 8 nitrogen and oxygen atoms in total. The van der Waals surface area contributed by atoms with Crippen molar-refractivity contribution in [1.82, 2.24) is 25.2 Å². The summed E-state index contributed by atoms with van der Waals surface area (Å²) >= 11 is 0. The highest BCUT2D eigenvalue weighted by Gasteiger charge is 2.15. The number of rotatable bonds is 5. The summed E-state index contributed by atoms with van der Waals surface area (Å²) in [5.74, 6) is -0.381. The van der Waals surface area contributed by atoms with Crippen LogP contribution in [-0.2, 0) is 6.54 Å². The first-order valence-corrected chi connectivity index (χ1v) is 8.24. The normalized spacial score (nSPS) is 10.7. The van der Waals surface area contributed by atoms with E-state index >= 15 is 0 Å². The molecule has 3 rings (SSSR count). The molecule has 0 atom stereocenters. The molecule has 8 heteroatoms. The average molecular weight is 353 g/mol. The molecule has 3 aromatic rings. The smallest absolute Gasteiger partial charge is 0.316 e. The van der Waals surface area contributed by atoms with E-state index in [2.05, 4.69) is 20.6 Å². The maximum absolute atomic E-state index is 12.1. The van der Waals surface area contributed by atoms with Crippen LogP contribution < -0.4 is 10.9 Å². The fourth-order valence-corrected chi connectivity index (χ4v) is 2.40. The number of aromatic nitrogens is 4. The third-order valence-corrected chi connectivity index (χ3v) is 3.96. The summed E-state index contributed by atoms with van der Waals surface area (Å²) in [6, 6.07) is 9.12. The minimum Gasteiger partial charge on any atom is -0.348 e. The van der Waals surface area contributed by atoms with Gasteiger partial charge in [0.2, 0.25) is 0 Å². The van der Waals surface area contributed by atoms with E-state index in [4.69, 9.17) is 4.52 Å². The van der Waals surface area contributed by atoms with Crippen molar-refractivity contribution in [3.05, 3.63) is 63.5 Å². The van der Waals surface area contributed by atoms with Crippen molar-refractivity contribution in [2.75, 3.05) is 6.54 Å².